The Hall–Kier alpha value is -1.65. The minimum absolute atomic E-state index is 0.0385. The molecule has 4 N–H and O–H groups in total. The van der Waals surface area contributed by atoms with Crippen LogP contribution in [0.1, 0.15) is 92.1 Å². The van der Waals surface area contributed by atoms with Gasteiger partial charge >= 0.3 is 0 Å². The molecule has 0 spiro atoms. The summed E-state index contributed by atoms with van der Waals surface area (Å²) in [5, 5.41) is 21.4. The summed E-state index contributed by atoms with van der Waals surface area (Å²) in [4.78, 5) is 11.7. The minimum atomic E-state index is -0.738. The molecule has 5 nitrogen and oxygen atoms in total. The first kappa shape index (κ1) is 23.4. The van der Waals surface area contributed by atoms with E-state index in [1.807, 2.05) is 13.8 Å². The van der Waals surface area contributed by atoms with Gasteiger partial charge in [0.15, 0.2) is 11.8 Å². The first-order valence-corrected chi connectivity index (χ1v) is 10.4. The van der Waals surface area contributed by atoms with Gasteiger partial charge in [-0.3, -0.25) is 9.36 Å². The lowest BCUT2D eigenvalue weighted by Crippen LogP contribution is -2.39. The summed E-state index contributed by atoms with van der Waals surface area (Å²) in [5.74, 6) is 0.264. The average molecular weight is 381 g/mol. The fraction of sp³-hybridized carbons (Fsp3) is 0.773. The number of carbonyl (C=O) groups excluding carboxylic acids is 1. The topological polar surface area (TPSA) is 88.5 Å². The molecule has 0 aliphatic carbocycles. The van der Waals surface area contributed by atoms with Crippen LogP contribution in [0.3, 0.4) is 0 Å². The molecule has 1 aromatic heterocycles. The summed E-state index contributed by atoms with van der Waals surface area (Å²) in [6.07, 6.45) is 8.19. The zero-order valence-corrected chi connectivity index (χ0v) is 18.1. The molecule has 0 bridgehead atoms. The number of hydrogen-bond donors (Lipinski definition) is 3. The van der Waals surface area contributed by atoms with Crippen molar-refractivity contribution in [1.29, 1.82) is 0 Å². The monoisotopic (exact) mass is 380 g/mol. The number of carbonyl (C=O) groups is 1. The molecule has 0 saturated heterocycles. The molecule has 0 fully saturated rings. The summed E-state index contributed by atoms with van der Waals surface area (Å²) >= 11 is 0. The molecule has 156 valence electrons. The predicted octanol–water partition coefficient (Wildman–Crippen LogP) is 5.08. The summed E-state index contributed by atoms with van der Waals surface area (Å²) in [6.45, 7) is 11.8. The standard InChI is InChI=1S/C22H40N2O3/c1-7-9-10-12-16(11-8-2)13-17-14-18(25)24(19(17)26)22(5,6)15-21(3,4)20(23)27/h14,16,25-26H,7-13,15H2,1-6H3,(H2,23,27). The Kier molecular flexibility index (Phi) is 8.24. The third-order valence-corrected chi connectivity index (χ3v) is 5.60. The molecule has 1 rings (SSSR count). The van der Waals surface area contributed by atoms with Crippen molar-refractivity contribution in [3.63, 3.8) is 0 Å². The van der Waals surface area contributed by atoms with Gasteiger partial charge in [0.05, 0.1) is 0 Å². The van der Waals surface area contributed by atoms with E-state index in [9.17, 15) is 15.0 Å². The third-order valence-electron chi connectivity index (χ3n) is 5.60. The normalized spacial score (nSPS) is 13.7. The van der Waals surface area contributed by atoms with Crippen molar-refractivity contribution < 1.29 is 15.0 Å². The molecule has 0 aliphatic heterocycles. The summed E-state index contributed by atoms with van der Waals surface area (Å²) in [7, 11) is 0. The van der Waals surface area contributed by atoms with Crippen molar-refractivity contribution >= 4 is 5.91 Å². The van der Waals surface area contributed by atoms with E-state index in [0.717, 1.165) is 31.2 Å². The van der Waals surface area contributed by atoms with Crippen molar-refractivity contribution in [3.8, 4) is 11.8 Å². The van der Waals surface area contributed by atoms with E-state index in [2.05, 4.69) is 13.8 Å². The maximum atomic E-state index is 11.7. The molecular weight excluding hydrogens is 340 g/mol. The highest BCUT2D eigenvalue weighted by atomic mass is 16.3. The SMILES string of the molecule is CCCCCC(CCC)Cc1cc(O)n(C(C)(C)CC(C)(C)C(N)=O)c1O. The van der Waals surface area contributed by atoms with Gasteiger partial charge in [0.25, 0.3) is 0 Å². The second-order valence-electron chi connectivity index (χ2n) is 9.28. The van der Waals surface area contributed by atoms with E-state index in [4.69, 9.17) is 5.73 Å². The van der Waals surface area contributed by atoms with Crippen molar-refractivity contribution in [2.45, 2.75) is 98.4 Å². The van der Waals surface area contributed by atoms with Gasteiger partial charge in [-0.05, 0) is 32.6 Å². The van der Waals surface area contributed by atoms with Crippen LogP contribution in [0.5, 0.6) is 11.8 Å². The van der Waals surface area contributed by atoms with E-state index in [1.54, 1.807) is 24.5 Å². The van der Waals surface area contributed by atoms with Crippen LogP contribution < -0.4 is 5.73 Å². The molecule has 5 heteroatoms. The molecular formula is C22H40N2O3. The van der Waals surface area contributed by atoms with Gasteiger partial charge in [-0.25, -0.2) is 0 Å². The first-order valence-electron chi connectivity index (χ1n) is 10.4. The number of unbranched alkanes of at least 4 members (excludes halogenated alkanes) is 2. The number of hydrogen-bond acceptors (Lipinski definition) is 3. The van der Waals surface area contributed by atoms with Gasteiger partial charge < -0.3 is 15.9 Å². The first-order chi connectivity index (χ1) is 12.5. The number of rotatable bonds is 12. The highest BCUT2D eigenvalue weighted by Gasteiger charge is 2.37. The molecule has 0 aromatic carbocycles. The maximum absolute atomic E-state index is 11.7. The van der Waals surface area contributed by atoms with Crippen LogP contribution in [0.4, 0.5) is 0 Å². The quantitative estimate of drug-likeness (QED) is 0.442. The van der Waals surface area contributed by atoms with E-state index < -0.39 is 11.0 Å². The molecule has 1 aromatic rings. The van der Waals surface area contributed by atoms with Gasteiger partial charge in [0.1, 0.15) is 0 Å². The Balaban J connectivity index is 3.06. The molecule has 0 radical (unpaired) electrons. The number of aromatic nitrogens is 1. The zero-order valence-electron chi connectivity index (χ0n) is 18.1. The number of nitrogens with two attached hydrogens (primary N) is 1. The molecule has 1 unspecified atom stereocenters. The van der Waals surface area contributed by atoms with Crippen LogP contribution in [-0.4, -0.2) is 20.7 Å². The molecule has 1 amide bonds. The summed E-state index contributed by atoms with van der Waals surface area (Å²) in [5.41, 5.74) is 4.92. The van der Waals surface area contributed by atoms with Crippen LogP contribution in [-0.2, 0) is 16.8 Å². The van der Waals surface area contributed by atoms with Crippen LogP contribution in [0, 0.1) is 11.3 Å². The van der Waals surface area contributed by atoms with Gasteiger partial charge in [0.2, 0.25) is 5.91 Å². The van der Waals surface area contributed by atoms with Crippen molar-refractivity contribution in [2.75, 3.05) is 0 Å². The number of nitrogens with zero attached hydrogens (tertiary/aromatic N) is 1. The Bertz CT molecular complexity index is 617. The highest BCUT2D eigenvalue weighted by molar-refractivity contribution is 5.80. The molecule has 1 heterocycles. The lowest BCUT2D eigenvalue weighted by molar-refractivity contribution is -0.127. The van der Waals surface area contributed by atoms with Crippen LogP contribution in [0.15, 0.2) is 6.07 Å². The second-order valence-corrected chi connectivity index (χ2v) is 9.28. The van der Waals surface area contributed by atoms with Crippen molar-refractivity contribution in [1.82, 2.24) is 4.57 Å². The van der Waals surface area contributed by atoms with Gasteiger partial charge in [-0.1, -0.05) is 66.2 Å². The third kappa shape index (κ3) is 6.18. The molecule has 1 atom stereocenters. The molecule has 27 heavy (non-hydrogen) atoms. The Morgan fingerprint density at radius 3 is 2.26 bits per heavy atom. The van der Waals surface area contributed by atoms with E-state index >= 15 is 0 Å². The smallest absolute Gasteiger partial charge is 0.223 e. The second kappa shape index (κ2) is 9.52. The van der Waals surface area contributed by atoms with Crippen molar-refractivity contribution in [3.05, 3.63) is 11.6 Å². The fourth-order valence-electron chi connectivity index (χ4n) is 4.28. The minimum Gasteiger partial charge on any atom is -0.494 e. The fourth-order valence-corrected chi connectivity index (χ4v) is 4.28. The van der Waals surface area contributed by atoms with E-state index in [0.29, 0.717) is 12.3 Å². The molecule has 0 saturated carbocycles. The number of primary amides is 1. The number of aromatic hydroxyl groups is 2. The lowest BCUT2D eigenvalue weighted by atomic mass is 9.79. The predicted molar refractivity (Wildman–Crippen MR) is 111 cm³/mol. The average Bonchev–Trinajstić information content (AvgIpc) is 2.81. The summed E-state index contributed by atoms with van der Waals surface area (Å²) < 4.78 is 1.54. The van der Waals surface area contributed by atoms with Crippen LogP contribution in [0.2, 0.25) is 0 Å². The van der Waals surface area contributed by atoms with Gasteiger partial charge in [0, 0.05) is 22.6 Å². The van der Waals surface area contributed by atoms with E-state index in [-0.39, 0.29) is 17.7 Å². The largest absolute Gasteiger partial charge is 0.494 e. The van der Waals surface area contributed by atoms with Crippen molar-refractivity contribution in [2.24, 2.45) is 17.1 Å². The Morgan fingerprint density at radius 1 is 1.11 bits per heavy atom. The maximum Gasteiger partial charge on any atom is 0.223 e. The summed E-state index contributed by atoms with van der Waals surface area (Å²) in [6, 6.07) is 1.68. The number of amides is 1. The van der Waals surface area contributed by atoms with E-state index in [1.165, 1.54) is 19.3 Å². The van der Waals surface area contributed by atoms with Gasteiger partial charge in [-0.2, -0.15) is 0 Å². The zero-order chi connectivity index (χ0) is 20.8. The van der Waals surface area contributed by atoms with Gasteiger partial charge in [-0.15, -0.1) is 0 Å². The van der Waals surface area contributed by atoms with Crippen LogP contribution in [0.25, 0.3) is 0 Å². The lowest BCUT2D eigenvalue weighted by Gasteiger charge is -2.35. The Morgan fingerprint density at radius 2 is 1.74 bits per heavy atom. The highest BCUT2D eigenvalue weighted by Crippen LogP contribution is 2.41. The Labute approximate surface area is 165 Å². The van der Waals surface area contributed by atoms with Crippen LogP contribution >= 0.6 is 0 Å². The molecule has 0 aliphatic rings.